The van der Waals surface area contributed by atoms with Gasteiger partial charge in [-0.3, -0.25) is 0 Å². The largest absolute Gasteiger partial charge is 0.311 e. The third kappa shape index (κ3) is 4.51. The van der Waals surface area contributed by atoms with E-state index in [-0.39, 0.29) is 0 Å². The predicted octanol–water partition coefficient (Wildman–Crippen LogP) is 13.7. The second-order valence-corrected chi connectivity index (χ2v) is 14.0. The molecule has 5 heteroatoms. The van der Waals surface area contributed by atoms with Crippen LogP contribution in [0.3, 0.4) is 0 Å². The first-order chi connectivity index (χ1) is 27.2. The van der Waals surface area contributed by atoms with Gasteiger partial charge in [0.15, 0.2) is 11.4 Å². The van der Waals surface area contributed by atoms with Crippen molar-refractivity contribution in [2.45, 2.75) is 0 Å². The molecule has 0 atom stereocenters. The summed E-state index contributed by atoms with van der Waals surface area (Å²) in [6.07, 6.45) is 0. The van der Waals surface area contributed by atoms with E-state index in [4.69, 9.17) is 13.1 Å². The molecule has 3 aromatic heterocycles. The molecule has 0 aliphatic carbocycles. The maximum absolute atomic E-state index is 8.12. The first-order valence-corrected chi connectivity index (χ1v) is 18.3. The maximum atomic E-state index is 8.12. The molecular weight excluding hydrogens is 671 g/mol. The van der Waals surface area contributed by atoms with Crippen molar-refractivity contribution in [3.05, 3.63) is 199 Å². The van der Waals surface area contributed by atoms with Crippen LogP contribution in [0.25, 0.3) is 103 Å². The molecule has 11 rings (SSSR count). The molecule has 8 aromatic carbocycles. The summed E-state index contributed by atoms with van der Waals surface area (Å²) in [5.74, 6) is 0. The Kier molecular flexibility index (Phi) is 6.61. The summed E-state index contributed by atoms with van der Waals surface area (Å²) in [7, 11) is 0. The van der Waals surface area contributed by atoms with Crippen LogP contribution in [0.15, 0.2) is 176 Å². The van der Waals surface area contributed by atoms with E-state index in [9.17, 15) is 0 Å². The summed E-state index contributed by atoms with van der Waals surface area (Å²) in [5, 5.41) is 6.92. The summed E-state index contributed by atoms with van der Waals surface area (Å²) in [4.78, 5) is 7.65. The highest BCUT2D eigenvalue weighted by Crippen LogP contribution is 2.41. The highest BCUT2D eigenvalue weighted by molar-refractivity contribution is 6.15. The van der Waals surface area contributed by atoms with Gasteiger partial charge < -0.3 is 13.7 Å². The monoisotopic (exact) mass is 699 g/mol. The first kappa shape index (κ1) is 30.7. The summed E-state index contributed by atoms with van der Waals surface area (Å²) in [6, 6.07) is 61.5. The number of nitrogens with zero attached hydrogens (tertiary/aromatic N) is 5. The molecule has 3 heterocycles. The van der Waals surface area contributed by atoms with Gasteiger partial charge in [0.2, 0.25) is 0 Å². The molecule has 0 bridgehead atoms. The Labute approximate surface area is 316 Å². The van der Waals surface area contributed by atoms with Crippen molar-refractivity contribution in [3.63, 3.8) is 0 Å². The fourth-order valence-corrected chi connectivity index (χ4v) is 8.72. The van der Waals surface area contributed by atoms with Crippen LogP contribution in [-0.4, -0.2) is 13.7 Å². The van der Waals surface area contributed by atoms with Gasteiger partial charge in [0.05, 0.1) is 51.9 Å². The molecule has 0 saturated heterocycles. The van der Waals surface area contributed by atoms with Crippen LogP contribution in [0.5, 0.6) is 0 Å². The standard InChI is InChI=1S/C50H29N5/c1-51-34-25-26-48-43(31-34)41-18-6-7-20-44(41)53(48)37-29-33(27-35(30-37)52-2)32-13-11-14-36(28-32)54-45-21-8-5-17-40(45)42-19-12-24-49(50(42)54)55-46-22-9-3-15-38(46)39-16-4-10-23-47(39)55/h3-31H. The van der Waals surface area contributed by atoms with Crippen molar-refractivity contribution in [3.8, 4) is 28.2 Å². The maximum Gasteiger partial charge on any atom is 0.189 e. The normalized spacial score (nSPS) is 11.6. The van der Waals surface area contributed by atoms with Crippen molar-refractivity contribution in [1.82, 2.24) is 13.7 Å². The fourth-order valence-electron chi connectivity index (χ4n) is 8.72. The van der Waals surface area contributed by atoms with Crippen molar-refractivity contribution >= 4 is 76.8 Å². The van der Waals surface area contributed by atoms with E-state index in [0.29, 0.717) is 11.4 Å². The second-order valence-electron chi connectivity index (χ2n) is 14.0. The molecular formula is C50H29N5. The number of aromatic nitrogens is 3. The Morgan fingerprint density at radius 2 is 0.855 bits per heavy atom. The van der Waals surface area contributed by atoms with Crippen LogP contribution in [0.2, 0.25) is 0 Å². The Morgan fingerprint density at radius 1 is 0.327 bits per heavy atom. The molecule has 0 unspecified atom stereocenters. The van der Waals surface area contributed by atoms with Crippen molar-refractivity contribution in [2.24, 2.45) is 0 Å². The van der Waals surface area contributed by atoms with Crippen LogP contribution >= 0.6 is 0 Å². The Balaban J connectivity index is 1.16. The number of fused-ring (bicyclic) bond motifs is 9. The molecule has 0 aliphatic heterocycles. The molecule has 11 aromatic rings. The zero-order valence-electron chi connectivity index (χ0n) is 29.5. The lowest BCUT2D eigenvalue weighted by Crippen LogP contribution is -2.01. The third-order valence-electron chi connectivity index (χ3n) is 11.0. The highest BCUT2D eigenvalue weighted by atomic mass is 15.1. The van der Waals surface area contributed by atoms with Gasteiger partial charge in [0.25, 0.3) is 0 Å². The zero-order chi connectivity index (χ0) is 36.6. The zero-order valence-corrected chi connectivity index (χ0v) is 29.5. The lowest BCUT2D eigenvalue weighted by atomic mass is 10.0. The summed E-state index contributed by atoms with van der Waals surface area (Å²) >= 11 is 0. The van der Waals surface area contributed by atoms with Gasteiger partial charge >= 0.3 is 0 Å². The van der Waals surface area contributed by atoms with Crippen LogP contribution < -0.4 is 0 Å². The van der Waals surface area contributed by atoms with Gasteiger partial charge in [0.1, 0.15) is 0 Å². The quantitative estimate of drug-likeness (QED) is 0.163. The lowest BCUT2D eigenvalue weighted by molar-refractivity contribution is 1.13. The van der Waals surface area contributed by atoms with Crippen LogP contribution in [0.1, 0.15) is 0 Å². The molecule has 0 aliphatic rings. The summed E-state index contributed by atoms with van der Waals surface area (Å²) in [6.45, 7) is 15.8. The van der Waals surface area contributed by atoms with Gasteiger partial charge in [-0.25, -0.2) is 9.69 Å². The van der Waals surface area contributed by atoms with Gasteiger partial charge in [-0.05, 0) is 89.3 Å². The number of hydrogen-bond acceptors (Lipinski definition) is 0. The van der Waals surface area contributed by atoms with Crippen molar-refractivity contribution in [1.29, 1.82) is 0 Å². The van der Waals surface area contributed by atoms with Gasteiger partial charge in [0, 0.05) is 38.3 Å². The van der Waals surface area contributed by atoms with E-state index in [2.05, 4.69) is 157 Å². The SMILES string of the molecule is [C-]#[N+]c1cc(-c2cccc(-n3c4ccccc4c4cccc(-n5c6ccccc6c6ccccc65)c43)c2)cc(-n2c3ccccc3c3cc([N+]#[C-])ccc32)c1. The van der Waals surface area contributed by atoms with E-state index < -0.39 is 0 Å². The highest BCUT2D eigenvalue weighted by Gasteiger charge is 2.20. The first-order valence-electron chi connectivity index (χ1n) is 18.3. The average Bonchev–Trinajstić information content (AvgIpc) is 3.89. The Morgan fingerprint density at radius 3 is 1.53 bits per heavy atom. The smallest absolute Gasteiger partial charge is 0.189 e. The Bertz CT molecular complexity index is 3420. The molecule has 5 nitrogen and oxygen atoms in total. The fraction of sp³-hybridized carbons (Fsp3) is 0. The van der Waals surface area contributed by atoms with Crippen LogP contribution in [0, 0.1) is 13.1 Å². The molecule has 55 heavy (non-hydrogen) atoms. The molecule has 0 fully saturated rings. The number of rotatable bonds is 4. The van der Waals surface area contributed by atoms with Crippen LogP contribution in [0.4, 0.5) is 11.4 Å². The topological polar surface area (TPSA) is 23.5 Å². The molecule has 0 amide bonds. The van der Waals surface area contributed by atoms with E-state index >= 15 is 0 Å². The average molecular weight is 700 g/mol. The Hall–Kier alpha value is -7.86. The minimum Gasteiger partial charge on any atom is -0.311 e. The van der Waals surface area contributed by atoms with Gasteiger partial charge in [-0.15, -0.1) is 0 Å². The van der Waals surface area contributed by atoms with Crippen molar-refractivity contribution < 1.29 is 0 Å². The van der Waals surface area contributed by atoms with Gasteiger partial charge in [-0.1, -0.05) is 103 Å². The van der Waals surface area contributed by atoms with E-state index in [1.165, 1.54) is 32.6 Å². The lowest BCUT2D eigenvalue weighted by Gasteiger charge is -2.16. The van der Waals surface area contributed by atoms with E-state index in [1.807, 2.05) is 42.5 Å². The molecule has 0 spiro atoms. The van der Waals surface area contributed by atoms with E-state index in [0.717, 1.165) is 61.0 Å². The third-order valence-corrected chi connectivity index (χ3v) is 11.0. The van der Waals surface area contributed by atoms with E-state index in [1.54, 1.807) is 0 Å². The molecule has 0 N–H and O–H groups in total. The number of benzene rings is 8. The second kappa shape index (κ2) is 11.8. The minimum atomic E-state index is 0.562. The van der Waals surface area contributed by atoms with Crippen molar-refractivity contribution in [2.75, 3.05) is 0 Å². The van der Waals surface area contributed by atoms with Crippen LogP contribution in [-0.2, 0) is 0 Å². The summed E-state index contributed by atoms with van der Waals surface area (Å²) in [5.41, 5.74) is 12.8. The minimum absolute atomic E-state index is 0.562. The molecule has 0 radical (unpaired) electrons. The number of hydrogen-bond donors (Lipinski definition) is 0. The molecule has 254 valence electrons. The number of para-hydroxylation sites is 5. The molecule has 0 saturated carbocycles. The van der Waals surface area contributed by atoms with Gasteiger partial charge in [-0.2, -0.15) is 0 Å². The summed E-state index contributed by atoms with van der Waals surface area (Å²) < 4.78 is 7.02. The predicted molar refractivity (Wildman–Crippen MR) is 227 cm³/mol.